The molecule has 0 aliphatic heterocycles. The molecule has 0 rings (SSSR count). The van der Waals surface area contributed by atoms with Gasteiger partial charge in [-0.2, -0.15) is 0 Å². The zero-order chi connectivity index (χ0) is 10.6. The maximum atomic E-state index is 5.58. The molecule has 0 aromatic rings. The van der Waals surface area contributed by atoms with E-state index in [1.807, 2.05) is 0 Å². The predicted molar refractivity (Wildman–Crippen MR) is 65.2 cm³/mol. The Kier molecular flexibility index (Phi) is 11.0. The first kappa shape index (κ1) is 14.0. The lowest BCUT2D eigenvalue weighted by Gasteiger charge is -2.04. The molecular formula is C13H28N. The van der Waals surface area contributed by atoms with Gasteiger partial charge in [0.25, 0.3) is 0 Å². The molecule has 0 saturated carbocycles. The minimum absolute atomic E-state index is 0.152. The second kappa shape index (κ2) is 11.0. The molecule has 0 heterocycles. The van der Waals surface area contributed by atoms with Gasteiger partial charge in [-0.3, -0.25) is 0 Å². The topological polar surface area (TPSA) is 26.0 Å². The van der Waals surface area contributed by atoms with Crippen LogP contribution in [0.15, 0.2) is 0 Å². The molecule has 0 spiro atoms. The number of unbranched alkanes of at least 4 members (excludes halogenated alkanes) is 8. The second-order valence-electron chi connectivity index (χ2n) is 4.38. The van der Waals surface area contributed by atoms with E-state index in [4.69, 9.17) is 5.73 Å². The number of rotatable bonds is 10. The van der Waals surface area contributed by atoms with E-state index in [0.717, 1.165) is 6.42 Å². The van der Waals surface area contributed by atoms with E-state index in [1.165, 1.54) is 57.8 Å². The summed E-state index contributed by atoms with van der Waals surface area (Å²) in [5.74, 6) is 0. The largest absolute Gasteiger partial charge is 0.328 e. The Morgan fingerprint density at radius 1 is 0.857 bits per heavy atom. The molecule has 85 valence electrons. The smallest absolute Gasteiger partial charge is 0.00394 e. The SMILES string of the molecule is [CH2]C(N)CCCCCCCCCCC. The summed E-state index contributed by atoms with van der Waals surface area (Å²) in [6.45, 7) is 6.05. The third-order valence-corrected chi connectivity index (χ3v) is 2.68. The summed E-state index contributed by atoms with van der Waals surface area (Å²) >= 11 is 0. The normalized spacial score (nSPS) is 13.1. The molecule has 0 aliphatic rings. The Labute approximate surface area is 90.5 Å². The highest BCUT2D eigenvalue weighted by Gasteiger charge is 1.94. The molecule has 2 N–H and O–H groups in total. The van der Waals surface area contributed by atoms with E-state index < -0.39 is 0 Å². The summed E-state index contributed by atoms with van der Waals surface area (Å²) in [6, 6.07) is 0.152. The predicted octanol–water partition coefficient (Wildman–Crippen LogP) is 4.07. The standard InChI is InChI=1S/C13H28N/c1-3-4-5-6-7-8-9-10-11-12-13(2)14/h13H,2-12,14H2,1H3. The van der Waals surface area contributed by atoms with Gasteiger partial charge in [0.05, 0.1) is 0 Å². The van der Waals surface area contributed by atoms with Crippen LogP contribution in [0.4, 0.5) is 0 Å². The van der Waals surface area contributed by atoms with Crippen LogP contribution in [0.1, 0.15) is 71.1 Å². The van der Waals surface area contributed by atoms with Gasteiger partial charge in [-0.05, 0) is 13.3 Å². The third-order valence-electron chi connectivity index (χ3n) is 2.68. The van der Waals surface area contributed by atoms with Gasteiger partial charge in [-0.25, -0.2) is 0 Å². The number of nitrogens with two attached hydrogens (primary N) is 1. The molecule has 0 bridgehead atoms. The minimum Gasteiger partial charge on any atom is -0.328 e. The molecule has 1 radical (unpaired) electrons. The van der Waals surface area contributed by atoms with Crippen molar-refractivity contribution in [2.75, 3.05) is 0 Å². The van der Waals surface area contributed by atoms with Gasteiger partial charge < -0.3 is 5.73 Å². The van der Waals surface area contributed by atoms with E-state index in [2.05, 4.69) is 13.8 Å². The lowest BCUT2D eigenvalue weighted by atomic mass is 10.1. The van der Waals surface area contributed by atoms with E-state index in [1.54, 1.807) is 0 Å². The number of hydrogen-bond acceptors (Lipinski definition) is 1. The van der Waals surface area contributed by atoms with Crippen LogP contribution in [0.5, 0.6) is 0 Å². The van der Waals surface area contributed by atoms with Gasteiger partial charge >= 0.3 is 0 Å². The Hall–Kier alpha value is -0.0400. The van der Waals surface area contributed by atoms with Crippen molar-refractivity contribution >= 4 is 0 Å². The van der Waals surface area contributed by atoms with Crippen LogP contribution in [-0.4, -0.2) is 6.04 Å². The van der Waals surface area contributed by atoms with Gasteiger partial charge in [0.1, 0.15) is 0 Å². The molecular weight excluding hydrogens is 170 g/mol. The van der Waals surface area contributed by atoms with E-state index in [0.29, 0.717) is 0 Å². The van der Waals surface area contributed by atoms with Crippen molar-refractivity contribution in [1.29, 1.82) is 0 Å². The summed E-state index contributed by atoms with van der Waals surface area (Å²) in [6.07, 6.45) is 13.6. The maximum Gasteiger partial charge on any atom is 0.00394 e. The van der Waals surface area contributed by atoms with E-state index in [9.17, 15) is 0 Å². The van der Waals surface area contributed by atoms with Crippen molar-refractivity contribution in [3.8, 4) is 0 Å². The molecule has 1 atom stereocenters. The van der Waals surface area contributed by atoms with Crippen molar-refractivity contribution in [3.63, 3.8) is 0 Å². The fourth-order valence-electron chi connectivity index (χ4n) is 1.72. The van der Waals surface area contributed by atoms with Crippen LogP contribution in [0.25, 0.3) is 0 Å². The lowest BCUT2D eigenvalue weighted by molar-refractivity contribution is 0.546. The van der Waals surface area contributed by atoms with Crippen molar-refractivity contribution in [2.45, 2.75) is 77.2 Å². The summed E-state index contributed by atoms with van der Waals surface area (Å²) in [5.41, 5.74) is 5.58. The summed E-state index contributed by atoms with van der Waals surface area (Å²) in [4.78, 5) is 0. The summed E-state index contributed by atoms with van der Waals surface area (Å²) in [5, 5.41) is 0. The average molecular weight is 198 g/mol. The van der Waals surface area contributed by atoms with Crippen LogP contribution in [0, 0.1) is 6.92 Å². The molecule has 14 heavy (non-hydrogen) atoms. The highest BCUT2D eigenvalue weighted by molar-refractivity contribution is 4.62. The van der Waals surface area contributed by atoms with Crippen LogP contribution in [-0.2, 0) is 0 Å². The fraction of sp³-hybridized carbons (Fsp3) is 0.923. The maximum absolute atomic E-state index is 5.58. The molecule has 0 amide bonds. The Morgan fingerprint density at radius 3 is 1.71 bits per heavy atom. The van der Waals surface area contributed by atoms with Crippen LogP contribution in [0.2, 0.25) is 0 Å². The third kappa shape index (κ3) is 12.0. The first-order valence-corrected chi connectivity index (χ1v) is 6.36. The first-order valence-electron chi connectivity index (χ1n) is 6.36. The van der Waals surface area contributed by atoms with E-state index >= 15 is 0 Å². The zero-order valence-electron chi connectivity index (χ0n) is 9.93. The zero-order valence-corrected chi connectivity index (χ0v) is 9.93. The molecule has 0 aliphatic carbocycles. The number of hydrogen-bond donors (Lipinski definition) is 1. The average Bonchev–Trinajstić information content (AvgIpc) is 2.15. The molecule has 1 heteroatoms. The highest BCUT2D eigenvalue weighted by Crippen LogP contribution is 2.10. The molecule has 0 saturated heterocycles. The minimum atomic E-state index is 0.152. The Morgan fingerprint density at radius 2 is 1.29 bits per heavy atom. The van der Waals surface area contributed by atoms with Gasteiger partial charge in [0, 0.05) is 6.04 Å². The van der Waals surface area contributed by atoms with Crippen LogP contribution < -0.4 is 5.73 Å². The molecule has 0 fully saturated rings. The van der Waals surface area contributed by atoms with Crippen molar-refractivity contribution in [2.24, 2.45) is 5.73 Å². The van der Waals surface area contributed by atoms with Crippen molar-refractivity contribution in [1.82, 2.24) is 0 Å². The molecule has 0 aromatic carbocycles. The van der Waals surface area contributed by atoms with Gasteiger partial charge in [-0.1, -0.05) is 64.7 Å². The summed E-state index contributed by atoms with van der Waals surface area (Å²) < 4.78 is 0. The Balaban J connectivity index is 2.85. The van der Waals surface area contributed by atoms with Gasteiger partial charge in [0.2, 0.25) is 0 Å². The van der Waals surface area contributed by atoms with Gasteiger partial charge in [0.15, 0.2) is 0 Å². The highest BCUT2D eigenvalue weighted by atomic mass is 14.6. The molecule has 0 aromatic heterocycles. The van der Waals surface area contributed by atoms with Crippen molar-refractivity contribution < 1.29 is 0 Å². The first-order chi connectivity index (χ1) is 6.77. The Bertz CT molecular complexity index is 99.4. The molecule has 1 unspecified atom stereocenters. The van der Waals surface area contributed by atoms with Crippen LogP contribution >= 0.6 is 0 Å². The lowest BCUT2D eigenvalue weighted by Crippen LogP contribution is -2.14. The molecule has 1 nitrogen and oxygen atoms in total. The monoisotopic (exact) mass is 198 g/mol. The summed E-state index contributed by atoms with van der Waals surface area (Å²) in [7, 11) is 0. The second-order valence-corrected chi connectivity index (χ2v) is 4.38. The quantitative estimate of drug-likeness (QED) is 0.526. The van der Waals surface area contributed by atoms with Gasteiger partial charge in [-0.15, -0.1) is 0 Å². The van der Waals surface area contributed by atoms with Crippen molar-refractivity contribution in [3.05, 3.63) is 6.92 Å². The fourth-order valence-corrected chi connectivity index (χ4v) is 1.72. The van der Waals surface area contributed by atoms with E-state index in [-0.39, 0.29) is 6.04 Å². The van der Waals surface area contributed by atoms with Crippen LogP contribution in [0.3, 0.4) is 0 Å².